The lowest BCUT2D eigenvalue weighted by molar-refractivity contribution is -0.132. The molecule has 1 fully saturated rings. The highest BCUT2D eigenvalue weighted by Gasteiger charge is 2.43. The number of benzene rings is 1. The molecule has 23 heavy (non-hydrogen) atoms. The Balaban J connectivity index is 1.95. The summed E-state index contributed by atoms with van der Waals surface area (Å²) in [5, 5.41) is 3.73. The van der Waals surface area contributed by atoms with Crippen LogP contribution in [0.5, 0.6) is 0 Å². The SMILES string of the molecule is CCC1(C)CC(CCNC(C)c2ccccc2)(C(C)C)CCO1. The van der Waals surface area contributed by atoms with Gasteiger partial charge in [-0.15, -0.1) is 0 Å². The van der Waals surface area contributed by atoms with Crippen molar-refractivity contribution in [3.05, 3.63) is 35.9 Å². The summed E-state index contributed by atoms with van der Waals surface area (Å²) in [6, 6.07) is 11.1. The van der Waals surface area contributed by atoms with Crippen molar-refractivity contribution in [3.8, 4) is 0 Å². The van der Waals surface area contributed by atoms with Crippen molar-refractivity contribution in [1.82, 2.24) is 5.32 Å². The first-order valence-corrected chi connectivity index (χ1v) is 9.33. The monoisotopic (exact) mass is 317 g/mol. The second-order valence-electron chi connectivity index (χ2n) is 7.93. The Morgan fingerprint density at radius 3 is 2.48 bits per heavy atom. The molecule has 3 atom stereocenters. The van der Waals surface area contributed by atoms with Gasteiger partial charge in [-0.25, -0.2) is 0 Å². The van der Waals surface area contributed by atoms with Crippen molar-refractivity contribution in [1.29, 1.82) is 0 Å². The summed E-state index contributed by atoms with van der Waals surface area (Å²) >= 11 is 0. The molecule has 3 unspecified atom stereocenters. The molecule has 1 aliphatic rings. The highest BCUT2D eigenvalue weighted by atomic mass is 16.5. The van der Waals surface area contributed by atoms with Crippen molar-refractivity contribution >= 4 is 0 Å². The minimum atomic E-state index is 0.0631. The number of rotatable bonds is 7. The molecule has 0 spiro atoms. The lowest BCUT2D eigenvalue weighted by atomic mass is 9.64. The molecule has 1 aliphatic heterocycles. The lowest BCUT2D eigenvalue weighted by Crippen LogP contribution is -2.46. The van der Waals surface area contributed by atoms with Gasteiger partial charge in [0, 0.05) is 12.6 Å². The van der Waals surface area contributed by atoms with Gasteiger partial charge in [0.05, 0.1) is 5.60 Å². The van der Waals surface area contributed by atoms with Crippen molar-refractivity contribution in [3.63, 3.8) is 0 Å². The summed E-state index contributed by atoms with van der Waals surface area (Å²) < 4.78 is 6.10. The summed E-state index contributed by atoms with van der Waals surface area (Å²) in [5.74, 6) is 0.700. The van der Waals surface area contributed by atoms with Crippen LogP contribution in [0.2, 0.25) is 0 Å². The zero-order chi connectivity index (χ0) is 16.9. The Hall–Kier alpha value is -0.860. The number of hydrogen-bond donors (Lipinski definition) is 1. The smallest absolute Gasteiger partial charge is 0.0657 e. The third-order valence-corrected chi connectivity index (χ3v) is 6.12. The maximum Gasteiger partial charge on any atom is 0.0657 e. The molecule has 0 saturated carbocycles. The quantitative estimate of drug-likeness (QED) is 0.732. The van der Waals surface area contributed by atoms with E-state index in [9.17, 15) is 0 Å². The van der Waals surface area contributed by atoms with Gasteiger partial charge in [0.25, 0.3) is 0 Å². The highest BCUT2D eigenvalue weighted by molar-refractivity contribution is 5.18. The first-order chi connectivity index (χ1) is 10.9. The van der Waals surface area contributed by atoms with Gasteiger partial charge >= 0.3 is 0 Å². The Kier molecular flexibility index (Phi) is 6.27. The maximum atomic E-state index is 6.10. The zero-order valence-corrected chi connectivity index (χ0v) is 15.7. The molecule has 1 aromatic carbocycles. The molecule has 1 heterocycles. The second kappa shape index (κ2) is 7.81. The molecular formula is C21H35NO. The van der Waals surface area contributed by atoms with Crippen molar-refractivity contribution in [2.24, 2.45) is 11.3 Å². The lowest BCUT2D eigenvalue weighted by Gasteiger charge is -2.49. The molecule has 1 aromatic rings. The van der Waals surface area contributed by atoms with E-state index in [-0.39, 0.29) is 5.60 Å². The molecule has 1 N–H and O–H groups in total. The normalized spacial score (nSPS) is 29.7. The molecule has 1 saturated heterocycles. The van der Waals surface area contributed by atoms with Gasteiger partial charge in [0.15, 0.2) is 0 Å². The first-order valence-electron chi connectivity index (χ1n) is 9.33. The number of ether oxygens (including phenoxy) is 1. The molecule has 0 bridgehead atoms. The molecule has 2 heteroatoms. The van der Waals surface area contributed by atoms with E-state index in [1.165, 1.54) is 24.8 Å². The van der Waals surface area contributed by atoms with E-state index in [4.69, 9.17) is 4.74 Å². The third-order valence-electron chi connectivity index (χ3n) is 6.12. The van der Waals surface area contributed by atoms with Crippen LogP contribution < -0.4 is 5.32 Å². The fourth-order valence-electron chi connectivity index (χ4n) is 4.00. The highest BCUT2D eigenvalue weighted by Crippen LogP contribution is 2.47. The van der Waals surface area contributed by atoms with Crippen LogP contribution in [0.3, 0.4) is 0 Å². The van der Waals surface area contributed by atoms with Crippen LogP contribution in [0.15, 0.2) is 30.3 Å². The fourth-order valence-corrected chi connectivity index (χ4v) is 4.00. The van der Waals surface area contributed by atoms with Gasteiger partial charge in [-0.3, -0.25) is 0 Å². The Bertz CT molecular complexity index is 472. The Morgan fingerprint density at radius 1 is 1.17 bits per heavy atom. The van der Waals surface area contributed by atoms with Crippen LogP contribution in [-0.4, -0.2) is 18.8 Å². The Labute approximate surface area is 143 Å². The van der Waals surface area contributed by atoms with E-state index in [0.717, 1.165) is 19.6 Å². The third kappa shape index (κ3) is 4.58. The van der Waals surface area contributed by atoms with E-state index in [1.807, 2.05) is 0 Å². The summed E-state index contributed by atoms with van der Waals surface area (Å²) in [6.07, 6.45) is 4.73. The number of hydrogen-bond acceptors (Lipinski definition) is 2. The van der Waals surface area contributed by atoms with E-state index in [1.54, 1.807) is 0 Å². The minimum absolute atomic E-state index is 0.0631. The van der Waals surface area contributed by atoms with E-state index in [2.05, 4.69) is 70.3 Å². The molecule has 0 aromatic heterocycles. The largest absolute Gasteiger partial charge is 0.375 e. The summed E-state index contributed by atoms with van der Waals surface area (Å²) in [7, 11) is 0. The van der Waals surface area contributed by atoms with Gasteiger partial charge in [-0.2, -0.15) is 0 Å². The van der Waals surface area contributed by atoms with Crippen molar-refractivity contribution in [2.45, 2.75) is 71.9 Å². The van der Waals surface area contributed by atoms with Crippen LogP contribution in [0.4, 0.5) is 0 Å². The summed E-state index contributed by atoms with van der Waals surface area (Å²) in [6.45, 7) is 13.6. The van der Waals surface area contributed by atoms with E-state index in [0.29, 0.717) is 17.4 Å². The van der Waals surface area contributed by atoms with Gasteiger partial charge in [-0.1, -0.05) is 51.1 Å². The zero-order valence-electron chi connectivity index (χ0n) is 15.7. The predicted molar refractivity (Wildman–Crippen MR) is 98.6 cm³/mol. The molecule has 2 nitrogen and oxygen atoms in total. The van der Waals surface area contributed by atoms with Crippen LogP contribution in [0.25, 0.3) is 0 Å². The van der Waals surface area contributed by atoms with Crippen molar-refractivity contribution in [2.75, 3.05) is 13.2 Å². The molecular weight excluding hydrogens is 282 g/mol. The minimum Gasteiger partial charge on any atom is -0.375 e. The van der Waals surface area contributed by atoms with Gasteiger partial charge < -0.3 is 10.1 Å². The molecule has 0 amide bonds. The van der Waals surface area contributed by atoms with Crippen LogP contribution in [0, 0.1) is 11.3 Å². The van der Waals surface area contributed by atoms with Gasteiger partial charge in [0.2, 0.25) is 0 Å². The summed E-state index contributed by atoms with van der Waals surface area (Å²) in [5.41, 5.74) is 1.84. The van der Waals surface area contributed by atoms with Gasteiger partial charge in [-0.05, 0) is 63.0 Å². The fraction of sp³-hybridized carbons (Fsp3) is 0.714. The average Bonchev–Trinajstić information content (AvgIpc) is 2.55. The summed E-state index contributed by atoms with van der Waals surface area (Å²) in [4.78, 5) is 0. The second-order valence-corrected chi connectivity index (χ2v) is 7.93. The number of nitrogens with one attached hydrogen (secondary N) is 1. The molecule has 130 valence electrons. The predicted octanol–water partition coefficient (Wildman–Crippen LogP) is 5.35. The van der Waals surface area contributed by atoms with Gasteiger partial charge in [0.1, 0.15) is 0 Å². The maximum absolute atomic E-state index is 6.10. The molecule has 2 rings (SSSR count). The van der Waals surface area contributed by atoms with Crippen LogP contribution in [0.1, 0.15) is 71.9 Å². The van der Waals surface area contributed by atoms with E-state index >= 15 is 0 Å². The van der Waals surface area contributed by atoms with Crippen molar-refractivity contribution < 1.29 is 4.74 Å². The molecule has 0 radical (unpaired) electrons. The van der Waals surface area contributed by atoms with Crippen LogP contribution in [-0.2, 0) is 4.74 Å². The standard InChI is InChI=1S/C21H35NO/c1-6-20(5)16-21(17(2)3,13-15-23-20)12-14-22-18(4)19-10-8-7-9-11-19/h7-11,17-18,22H,6,12-16H2,1-5H3. The Morgan fingerprint density at radius 2 is 1.87 bits per heavy atom. The van der Waals surface area contributed by atoms with E-state index < -0.39 is 0 Å². The first kappa shape index (κ1) is 18.5. The molecule has 0 aliphatic carbocycles. The van der Waals surface area contributed by atoms with Crippen LogP contribution >= 0.6 is 0 Å². The average molecular weight is 318 g/mol. The topological polar surface area (TPSA) is 21.3 Å².